The summed E-state index contributed by atoms with van der Waals surface area (Å²) in [5, 5.41) is 2.80. The summed E-state index contributed by atoms with van der Waals surface area (Å²) in [6.07, 6.45) is 0. The van der Waals surface area contributed by atoms with Crippen molar-refractivity contribution in [3.63, 3.8) is 0 Å². The first-order chi connectivity index (χ1) is 8.02. The minimum absolute atomic E-state index is 0.0750. The lowest BCUT2D eigenvalue weighted by atomic mass is 10.1. The summed E-state index contributed by atoms with van der Waals surface area (Å²) in [6, 6.07) is 2.84. The second-order valence-corrected chi connectivity index (χ2v) is 4.62. The molecule has 0 radical (unpaired) electrons. The summed E-state index contributed by atoms with van der Waals surface area (Å²) < 4.78 is 13.4. The van der Waals surface area contributed by atoms with E-state index in [9.17, 15) is 9.18 Å². The fourth-order valence-corrected chi connectivity index (χ4v) is 2.12. The lowest BCUT2D eigenvalue weighted by Gasteiger charge is -2.23. The maximum atomic E-state index is 13.4. The molecule has 2 rings (SSSR count). The highest BCUT2D eigenvalue weighted by atomic mass is 35.5. The summed E-state index contributed by atoms with van der Waals surface area (Å²) >= 11 is 5.78. The topological polar surface area (TPSA) is 32.3 Å². The van der Waals surface area contributed by atoms with Gasteiger partial charge in [-0.15, -0.1) is 0 Å². The van der Waals surface area contributed by atoms with Gasteiger partial charge in [-0.2, -0.15) is 0 Å². The second-order valence-electron chi connectivity index (χ2n) is 4.21. The quantitative estimate of drug-likeness (QED) is 0.838. The van der Waals surface area contributed by atoms with Crippen molar-refractivity contribution < 1.29 is 9.18 Å². The van der Waals surface area contributed by atoms with Crippen LogP contribution < -0.4 is 10.2 Å². The van der Waals surface area contributed by atoms with E-state index in [2.05, 4.69) is 5.32 Å². The first-order valence-corrected chi connectivity index (χ1v) is 5.95. The number of nitrogens with zero attached hydrogens (tertiary/aromatic N) is 1. The molecular formula is C12H14ClFN2O. The van der Waals surface area contributed by atoms with Crippen molar-refractivity contribution in [1.29, 1.82) is 0 Å². The summed E-state index contributed by atoms with van der Waals surface area (Å²) in [5.74, 6) is -0.746. The Morgan fingerprint density at radius 3 is 2.94 bits per heavy atom. The van der Waals surface area contributed by atoms with E-state index in [0.717, 1.165) is 12.2 Å². The number of carbonyl (C=O) groups is 1. The molecular weight excluding hydrogens is 243 g/mol. The van der Waals surface area contributed by atoms with Gasteiger partial charge in [0.2, 0.25) is 5.91 Å². The van der Waals surface area contributed by atoms with Crippen LogP contribution in [-0.4, -0.2) is 19.0 Å². The molecule has 0 saturated heterocycles. The predicted octanol–water partition coefficient (Wildman–Crippen LogP) is 2.89. The van der Waals surface area contributed by atoms with Crippen LogP contribution in [0.5, 0.6) is 0 Å². The van der Waals surface area contributed by atoms with Gasteiger partial charge in [-0.1, -0.05) is 18.5 Å². The van der Waals surface area contributed by atoms with Crippen molar-refractivity contribution in [2.45, 2.75) is 13.8 Å². The van der Waals surface area contributed by atoms with Gasteiger partial charge in [-0.05, 0) is 13.0 Å². The van der Waals surface area contributed by atoms with E-state index in [0.29, 0.717) is 12.2 Å². The van der Waals surface area contributed by atoms with Crippen LogP contribution in [0.4, 0.5) is 15.8 Å². The van der Waals surface area contributed by atoms with Gasteiger partial charge in [0.1, 0.15) is 5.82 Å². The third-order valence-electron chi connectivity index (χ3n) is 2.96. The van der Waals surface area contributed by atoms with Crippen LogP contribution >= 0.6 is 11.6 Å². The van der Waals surface area contributed by atoms with Gasteiger partial charge in [0.15, 0.2) is 0 Å². The molecule has 1 aliphatic heterocycles. The number of hydrogen-bond donors (Lipinski definition) is 1. The van der Waals surface area contributed by atoms with E-state index < -0.39 is 5.82 Å². The van der Waals surface area contributed by atoms with E-state index in [-0.39, 0.29) is 16.8 Å². The molecule has 0 aromatic heterocycles. The van der Waals surface area contributed by atoms with Gasteiger partial charge in [0.25, 0.3) is 0 Å². The highest BCUT2D eigenvalue weighted by Crippen LogP contribution is 2.34. The molecule has 0 bridgehead atoms. The molecule has 1 amide bonds. The molecule has 3 nitrogen and oxygen atoms in total. The molecule has 1 aliphatic rings. The molecule has 1 N–H and O–H groups in total. The number of amides is 1. The summed E-state index contributed by atoms with van der Waals surface area (Å²) in [5.41, 5.74) is 1.26. The van der Waals surface area contributed by atoms with Crippen LogP contribution in [0.2, 0.25) is 5.02 Å². The van der Waals surface area contributed by atoms with E-state index in [4.69, 9.17) is 11.6 Å². The average molecular weight is 257 g/mol. The molecule has 1 aromatic carbocycles. The number of fused-ring (bicyclic) bond motifs is 1. The smallest absolute Gasteiger partial charge is 0.229 e. The maximum Gasteiger partial charge on any atom is 0.229 e. The number of carbonyl (C=O) groups excluding carboxylic acids is 1. The zero-order chi connectivity index (χ0) is 12.6. The van der Waals surface area contributed by atoms with E-state index in [1.807, 2.05) is 18.7 Å². The van der Waals surface area contributed by atoms with Crippen molar-refractivity contribution >= 4 is 28.9 Å². The summed E-state index contributed by atoms with van der Waals surface area (Å²) in [4.78, 5) is 13.8. The largest absolute Gasteiger partial charge is 0.369 e. The highest BCUT2D eigenvalue weighted by molar-refractivity contribution is 6.31. The van der Waals surface area contributed by atoms with Crippen LogP contribution in [0.3, 0.4) is 0 Å². The molecule has 1 heterocycles. The maximum absolute atomic E-state index is 13.4. The Kier molecular flexibility index (Phi) is 3.24. The van der Waals surface area contributed by atoms with Crippen molar-refractivity contribution in [1.82, 2.24) is 0 Å². The molecule has 1 unspecified atom stereocenters. The van der Waals surface area contributed by atoms with Crippen LogP contribution in [0.25, 0.3) is 0 Å². The molecule has 1 atom stereocenters. The fraction of sp³-hybridized carbons (Fsp3) is 0.417. The van der Waals surface area contributed by atoms with Crippen LogP contribution in [0.1, 0.15) is 13.8 Å². The van der Waals surface area contributed by atoms with Gasteiger partial charge >= 0.3 is 0 Å². The minimum Gasteiger partial charge on any atom is -0.369 e. The van der Waals surface area contributed by atoms with Gasteiger partial charge in [-0.25, -0.2) is 4.39 Å². The van der Waals surface area contributed by atoms with Crippen LogP contribution in [-0.2, 0) is 4.79 Å². The van der Waals surface area contributed by atoms with E-state index in [1.54, 1.807) is 6.07 Å². The predicted molar refractivity (Wildman–Crippen MR) is 67.1 cm³/mol. The van der Waals surface area contributed by atoms with Crippen LogP contribution in [0.15, 0.2) is 12.1 Å². The Morgan fingerprint density at radius 2 is 2.29 bits per heavy atom. The van der Waals surface area contributed by atoms with Crippen molar-refractivity contribution in [3.05, 3.63) is 23.0 Å². The first-order valence-electron chi connectivity index (χ1n) is 5.57. The third kappa shape index (κ3) is 2.22. The van der Waals surface area contributed by atoms with Crippen molar-refractivity contribution in [2.75, 3.05) is 23.3 Å². The summed E-state index contributed by atoms with van der Waals surface area (Å²) in [7, 11) is 0. The molecule has 0 fully saturated rings. The second kappa shape index (κ2) is 4.53. The van der Waals surface area contributed by atoms with Gasteiger partial charge < -0.3 is 10.2 Å². The van der Waals surface area contributed by atoms with Crippen molar-refractivity contribution in [2.24, 2.45) is 5.92 Å². The highest BCUT2D eigenvalue weighted by Gasteiger charge is 2.25. The Hall–Kier alpha value is -1.29. The number of halogens is 2. The molecule has 92 valence electrons. The Morgan fingerprint density at radius 1 is 1.59 bits per heavy atom. The molecule has 0 spiro atoms. The number of hydrogen-bond acceptors (Lipinski definition) is 2. The Labute approximate surface area is 105 Å². The standard InChI is InChI=1S/C12H14ClFN2O/c1-3-16-6-7(2)12(17)15-10-5-9(14)8(13)4-11(10)16/h4-5,7H,3,6H2,1-2H3,(H,15,17). The number of rotatable bonds is 1. The van der Waals surface area contributed by atoms with Crippen molar-refractivity contribution in [3.8, 4) is 0 Å². The first kappa shape index (κ1) is 12.2. The normalized spacial score (nSPS) is 19.6. The fourth-order valence-electron chi connectivity index (χ4n) is 1.97. The lowest BCUT2D eigenvalue weighted by Crippen LogP contribution is -2.30. The molecule has 5 heteroatoms. The number of nitrogens with one attached hydrogen (secondary N) is 1. The van der Waals surface area contributed by atoms with Crippen LogP contribution in [0, 0.1) is 11.7 Å². The number of benzene rings is 1. The monoisotopic (exact) mass is 256 g/mol. The molecule has 17 heavy (non-hydrogen) atoms. The van der Waals surface area contributed by atoms with E-state index >= 15 is 0 Å². The third-order valence-corrected chi connectivity index (χ3v) is 3.25. The lowest BCUT2D eigenvalue weighted by molar-refractivity contribution is -0.119. The minimum atomic E-state index is -0.517. The molecule has 0 aliphatic carbocycles. The Bertz CT molecular complexity index is 464. The zero-order valence-corrected chi connectivity index (χ0v) is 10.5. The SMILES string of the molecule is CCN1CC(C)C(=O)Nc2cc(F)c(Cl)cc21. The molecule has 0 saturated carbocycles. The summed E-state index contributed by atoms with van der Waals surface area (Å²) in [6.45, 7) is 5.19. The number of anilines is 2. The molecule has 1 aromatic rings. The Balaban J connectivity index is 2.52. The zero-order valence-electron chi connectivity index (χ0n) is 9.76. The van der Waals surface area contributed by atoms with Gasteiger partial charge in [0, 0.05) is 19.2 Å². The van der Waals surface area contributed by atoms with Gasteiger partial charge in [0.05, 0.1) is 22.3 Å². The average Bonchev–Trinajstić information content (AvgIpc) is 2.40. The van der Waals surface area contributed by atoms with Gasteiger partial charge in [-0.3, -0.25) is 4.79 Å². The van der Waals surface area contributed by atoms with E-state index in [1.165, 1.54) is 6.07 Å².